The Kier molecular flexibility index (Phi) is 8.98. The molecular formula is C26H32N2O5S. The maximum atomic E-state index is 13.1. The Hall–Kier alpha value is -3.00. The maximum absolute atomic E-state index is 13.1. The predicted octanol–water partition coefficient (Wildman–Crippen LogP) is 4.22. The highest BCUT2D eigenvalue weighted by atomic mass is 32.2. The van der Waals surface area contributed by atoms with E-state index in [1.165, 1.54) is 4.90 Å². The summed E-state index contributed by atoms with van der Waals surface area (Å²) in [5.41, 5.74) is 4.52. The number of rotatable bonds is 11. The maximum Gasteiger partial charge on any atom is 0.407 e. The molecule has 182 valence electrons. The molecule has 0 spiro atoms. The van der Waals surface area contributed by atoms with Gasteiger partial charge in [-0.15, -0.1) is 0 Å². The molecule has 0 saturated heterocycles. The second-order valence-corrected chi connectivity index (χ2v) is 9.41. The highest BCUT2D eigenvalue weighted by molar-refractivity contribution is 7.98. The number of alkyl carbamates (subject to hydrolysis) is 1. The van der Waals surface area contributed by atoms with Gasteiger partial charge in [0.25, 0.3) is 0 Å². The van der Waals surface area contributed by atoms with Crippen molar-refractivity contribution in [2.45, 2.75) is 32.2 Å². The van der Waals surface area contributed by atoms with Crippen LogP contribution in [0.4, 0.5) is 4.79 Å². The number of fused-ring (bicyclic) bond motifs is 3. The molecule has 1 unspecified atom stereocenters. The second kappa shape index (κ2) is 11.9. The average molecular weight is 485 g/mol. The number of benzene rings is 2. The van der Waals surface area contributed by atoms with E-state index < -0.39 is 24.0 Å². The normalized spacial score (nSPS) is 14.0. The highest BCUT2D eigenvalue weighted by Gasteiger charge is 2.31. The number of carboxylic acid groups (broad SMARTS) is 1. The van der Waals surface area contributed by atoms with Gasteiger partial charge in [0.05, 0.1) is 5.92 Å². The zero-order valence-electron chi connectivity index (χ0n) is 19.8. The Balaban J connectivity index is 1.67. The van der Waals surface area contributed by atoms with Crippen LogP contribution in [0.1, 0.15) is 37.3 Å². The van der Waals surface area contributed by atoms with Crippen LogP contribution in [-0.4, -0.2) is 65.7 Å². The number of thioether (sulfide) groups is 1. The molecule has 2 aromatic carbocycles. The zero-order valence-corrected chi connectivity index (χ0v) is 20.6. The number of amides is 2. The summed E-state index contributed by atoms with van der Waals surface area (Å²) in [6.45, 7) is 3.97. The van der Waals surface area contributed by atoms with Crippen molar-refractivity contribution in [2.24, 2.45) is 5.92 Å². The second-order valence-electron chi connectivity index (χ2n) is 8.42. The Morgan fingerprint density at radius 3 is 2.21 bits per heavy atom. The van der Waals surface area contributed by atoms with Gasteiger partial charge in [-0.3, -0.25) is 9.59 Å². The van der Waals surface area contributed by atoms with Crippen molar-refractivity contribution < 1.29 is 24.2 Å². The third-order valence-corrected chi connectivity index (χ3v) is 6.80. The van der Waals surface area contributed by atoms with Crippen LogP contribution in [0.25, 0.3) is 11.1 Å². The highest BCUT2D eigenvalue weighted by Crippen LogP contribution is 2.44. The van der Waals surface area contributed by atoms with Crippen molar-refractivity contribution in [3.05, 3.63) is 59.7 Å². The van der Waals surface area contributed by atoms with Gasteiger partial charge < -0.3 is 20.1 Å². The molecule has 2 atom stereocenters. The first-order valence-electron chi connectivity index (χ1n) is 11.5. The van der Waals surface area contributed by atoms with E-state index in [1.54, 1.807) is 25.6 Å². The molecule has 8 heteroatoms. The number of likely N-dealkylation sites (N-methyl/N-ethyl adjacent to an activating group) is 1. The Labute approximate surface area is 204 Å². The van der Waals surface area contributed by atoms with Crippen molar-refractivity contribution in [2.75, 3.05) is 31.7 Å². The summed E-state index contributed by atoms with van der Waals surface area (Å²) in [5.74, 6) is -1.34. The van der Waals surface area contributed by atoms with Crippen LogP contribution in [0.2, 0.25) is 0 Å². The SMILES string of the molecule is CCN(CC(C)C(=O)O)C(=O)[C@H](CCSC)NC(=O)OCC1c2ccccc2-c2ccccc21. The van der Waals surface area contributed by atoms with Crippen LogP contribution < -0.4 is 5.32 Å². The van der Waals surface area contributed by atoms with Crippen LogP contribution in [0.15, 0.2) is 48.5 Å². The third kappa shape index (κ3) is 5.91. The van der Waals surface area contributed by atoms with Gasteiger partial charge in [0, 0.05) is 19.0 Å². The summed E-state index contributed by atoms with van der Waals surface area (Å²) >= 11 is 1.57. The van der Waals surface area contributed by atoms with E-state index in [4.69, 9.17) is 4.74 Å². The number of nitrogens with one attached hydrogen (secondary N) is 1. The molecule has 1 aliphatic rings. The molecule has 1 aliphatic carbocycles. The zero-order chi connectivity index (χ0) is 24.7. The first-order valence-corrected chi connectivity index (χ1v) is 12.9. The molecule has 0 aliphatic heterocycles. The van der Waals surface area contributed by atoms with E-state index in [-0.39, 0.29) is 25.0 Å². The van der Waals surface area contributed by atoms with Crippen molar-refractivity contribution in [3.8, 4) is 11.1 Å². The molecule has 0 heterocycles. The quantitative estimate of drug-likeness (QED) is 0.496. The average Bonchev–Trinajstić information content (AvgIpc) is 3.16. The number of hydrogen-bond donors (Lipinski definition) is 2. The molecule has 0 bridgehead atoms. The van der Waals surface area contributed by atoms with Crippen molar-refractivity contribution in [1.82, 2.24) is 10.2 Å². The standard InChI is InChI=1S/C26H32N2O5S/c1-4-28(15-17(2)25(30)31)24(29)23(13-14-34-3)27-26(32)33-16-22-20-11-7-5-9-18(20)19-10-6-8-12-21(19)22/h5-12,17,22-23H,4,13-16H2,1-3H3,(H,27,32)(H,30,31)/t17?,23-/m0/s1. The van der Waals surface area contributed by atoms with Crippen LogP contribution >= 0.6 is 11.8 Å². The van der Waals surface area contributed by atoms with Gasteiger partial charge in [-0.05, 0) is 47.6 Å². The summed E-state index contributed by atoms with van der Waals surface area (Å²) < 4.78 is 5.61. The van der Waals surface area contributed by atoms with E-state index >= 15 is 0 Å². The van der Waals surface area contributed by atoms with Gasteiger partial charge in [-0.25, -0.2) is 4.79 Å². The molecular weight excluding hydrogens is 452 g/mol. The number of hydrogen-bond acceptors (Lipinski definition) is 5. The van der Waals surface area contributed by atoms with Gasteiger partial charge in [-0.1, -0.05) is 55.5 Å². The van der Waals surface area contributed by atoms with Crippen LogP contribution in [0.5, 0.6) is 0 Å². The van der Waals surface area contributed by atoms with Crippen molar-refractivity contribution in [3.63, 3.8) is 0 Å². The molecule has 0 fully saturated rings. The van der Waals surface area contributed by atoms with Gasteiger partial charge >= 0.3 is 12.1 Å². The molecule has 0 saturated carbocycles. The fraction of sp³-hybridized carbons (Fsp3) is 0.423. The fourth-order valence-electron chi connectivity index (χ4n) is 4.28. The summed E-state index contributed by atoms with van der Waals surface area (Å²) in [6.07, 6.45) is 1.71. The number of nitrogens with zero attached hydrogens (tertiary/aromatic N) is 1. The molecule has 2 amide bonds. The van der Waals surface area contributed by atoms with E-state index in [9.17, 15) is 19.5 Å². The van der Waals surface area contributed by atoms with E-state index in [0.29, 0.717) is 18.7 Å². The fourth-order valence-corrected chi connectivity index (χ4v) is 4.75. The minimum atomic E-state index is -0.962. The van der Waals surface area contributed by atoms with Crippen LogP contribution in [0.3, 0.4) is 0 Å². The lowest BCUT2D eigenvalue weighted by molar-refractivity contribution is -0.143. The molecule has 2 aromatic rings. The topological polar surface area (TPSA) is 95.9 Å². The smallest absolute Gasteiger partial charge is 0.407 e. The van der Waals surface area contributed by atoms with E-state index in [2.05, 4.69) is 29.6 Å². The summed E-state index contributed by atoms with van der Waals surface area (Å²) in [6, 6.07) is 15.4. The van der Waals surface area contributed by atoms with Gasteiger partial charge in [0.2, 0.25) is 5.91 Å². The lowest BCUT2D eigenvalue weighted by atomic mass is 9.98. The molecule has 2 N–H and O–H groups in total. The van der Waals surface area contributed by atoms with E-state index in [1.807, 2.05) is 30.5 Å². The molecule has 0 radical (unpaired) electrons. The molecule has 34 heavy (non-hydrogen) atoms. The minimum absolute atomic E-state index is 0.0675. The van der Waals surface area contributed by atoms with E-state index in [0.717, 1.165) is 22.3 Å². The lowest BCUT2D eigenvalue weighted by Gasteiger charge is -2.28. The molecule has 0 aromatic heterocycles. The number of carbonyl (C=O) groups is 3. The third-order valence-electron chi connectivity index (χ3n) is 6.15. The minimum Gasteiger partial charge on any atom is -0.481 e. The van der Waals surface area contributed by atoms with Crippen molar-refractivity contribution in [1.29, 1.82) is 0 Å². The Morgan fingerprint density at radius 2 is 1.68 bits per heavy atom. The Morgan fingerprint density at radius 1 is 1.09 bits per heavy atom. The molecule has 7 nitrogen and oxygen atoms in total. The van der Waals surface area contributed by atoms with Crippen LogP contribution in [0, 0.1) is 5.92 Å². The van der Waals surface area contributed by atoms with Gasteiger partial charge in [-0.2, -0.15) is 11.8 Å². The predicted molar refractivity (Wildman–Crippen MR) is 134 cm³/mol. The molecule has 3 rings (SSSR count). The van der Waals surface area contributed by atoms with Gasteiger partial charge in [0.15, 0.2) is 0 Å². The number of aliphatic carboxylic acids is 1. The van der Waals surface area contributed by atoms with Crippen LogP contribution in [-0.2, 0) is 14.3 Å². The summed E-state index contributed by atoms with van der Waals surface area (Å²) in [7, 11) is 0. The summed E-state index contributed by atoms with van der Waals surface area (Å²) in [4.78, 5) is 38.6. The summed E-state index contributed by atoms with van der Waals surface area (Å²) in [5, 5.41) is 11.9. The van der Waals surface area contributed by atoms with Gasteiger partial charge in [0.1, 0.15) is 12.6 Å². The first kappa shape index (κ1) is 25.6. The number of ether oxygens (including phenoxy) is 1. The monoisotopic (exact) mass is 484 g/mol. The number of carboxylic acids is 1. The first-order chi connectivity index (χ1) is 16.4. The largest absolute Gasteiger partial charge is 0.481 e. The number of carbonyl (C=O) groups excluding carboxylic acids is 2. The lowest BCUT2D eigenvalue weighted by Crippen LogP contribution is -2.50. The Bertz CT molecular complexity index is 982. The van der Waals surface area contributed by atoms with Crippen molar-refractivity contribution >= 4 is 29.7 Å².